The van der Waals surface area contributed by atoms with Crippen molar-refractivity contribution in [1.29, 1.82) is 0 Å². The number of hydrogen-bond donors (Lipinski definition) is 1. The summed E-state index contributed by atoms with van der Waals surface area (Å²) in [6.45, 7) is 6.91. The molecular formula is C26H37FN4O. The van der Waals surface area contributed by atoms with Crippen molar-refractivity contribution in [2.45, 2.75) is 76.7 Å². The molecule has 1 amide bonds. The zero-order valence-electron chi connectivity index (χ0n) is 19.8. The van der Waals surface area contributed by atoms with Crippen molar-refractivity contribution in [3.63, 3.8) is 0 Å². The molecule has 1 N–H and O–H groups in total. The molecule has 1 aliphatic carbocycles. The van der Waals surface area contributed by atoms with Crippen LogP contribution in [-0.2, 0) is 23.7 Å². The summed E-state index contributed by atoms with van der Waals surface area (Å²) in [5, 5.41) is 7.69. The van der Waals surface area contributed by atoms with Crippen molar-refractivity contribution >= 4 is 5.91 Å². The number of aromatic nitrogens is 2. The lowest BCUT2D eigenvalue weighted by molar-refractivity contribution is -0.122. The number of likely N-dealkylation sites (tertiary alicyclic amines) is 1. The van der Waals surface area contributed by atoms with E-state index in [9.17, 15) is 9.18 Å². The summed E-state index contributed by atoms with van der Waals surface area (Å²) in [5.74, 6) is 0.0698. The van der Waals surface area contributed by atoms with Crippen LogP contribution in [0.1, 0.15) is 67.5 Å². The van der Waals surface area contributed by atoms with E-state index in [2.05, 4.69) is 22.2 Å². The lowest BCUT2D eigenvalue weighted by atomic mass is 9.77. The summed E-state index contributed by atoms with van der Waals surface area (Å²) in [6.07, 6.45) is 7.66. The van der Waals surface area contributed by atoms with Gasteiger partial charge < -0.3 is 10.2 Å². The van der Waals surface area contributed by atoms with Crippen LogP contribution in [0.15, 0.2) is 24.3 Å². The minimum absolute atomic E-state index is 0.0547. The minimum atomic E-state index is -0.0596. The van der Waals surface area contributed by atoms with Crippen LogP contribution in [0, 0.1) is 19.7 Å². The van der Waals surface area contributed by atoms with Crippen LogP contribution in [0.3, 0.4) is 0 Å². The summed E-state index contributed by atoms with van der Waals surface area (Å²) < 4.78 is 16.5. The second-order valence-corrected chi connectivity index (χ2v) is 9.86. The number of amides is 1. The SMILES string of the molecule is Cc1nn(C)c(C)c1CCC(=O)NC1CCN(CC2(c3ccccc3F)CCCC2)CC1. The van der Waals surface area contributed by atoms with Crippen LogP contribution >= 0.6 is 0 Å². The monoisotopic (exact) mass is 440 g/mol. The first-order valence-electron chi connectivity index (χ1n) is 12.1. The van der Waals surface area contributed by atoms with Gasteiger partial charge in [0.05, 0.1) is 5.69 Å². The van der Waals surface area contributed by atoms with E-state index in [0.717, 1.165) is 68.7 Å². The van der Waals surface area contributed by atoms with E-state index in [-0.39, 0.29) is 23.2 Å². The van der Waals surface area contributed by atoms with Crippen LogP contribution in [0.5, 0.6) is 0 Å². The molecule has 32 heavy (non-hydrogen) atoms. The largest absolute Gasteiger partial charge is 0.353 e. The Bertz CT molecular complexity index is 939. The average molecular weight is 441 g/mol. The standard InChI is InChI=1S/C26H37FN4O/c1-19-22(20(2)30(3)29-19)10-11-25(32)28-21-12-16-31(17-13-21)18-26(14-6-7-15-26)23-8-4-5-9-24(23)27/h4-5,8-9,21H,6-7,10-18H2,1-3H3,(H,28,32). The van der Waals surface area contributed by atoms with Gasteiger partial charge in [0.2, 0.25) is 5.91 Å². The van der Waals surface area contributed by atoms with Crippen molar-refractivity contribution < 1.29 is 9.18 Å². The number of carbonyl (C=O) groups is 1. The second kappa shape index (κ2) is 9.74. The summed E-state index contributed by atoms with van der Waals surface area (Å²) in [5.41, 5.74) is 4.18. The number of nitrogens with zero attached hydrogens (tertiary/aromatic N) is 3. The van der Waals surface area contributed by atoms with E-state index in [1.165, 1.54) is 18.4 Å². The maximum absolute atomic E-state index is 14.6. The van der Waals surface area contributed by atoms with Crippen LogP contribution < -0.4 is 5.32 Å². The molecule has 1 saturated carbocycles. The van der Waals surface area contributed by atoms with Gasteiger partial charge >= 0.3 is 0 Å². The molecule has 2 fully saturated rings. The Morgan fingerprint density at radius 1 is 1.19 bits per heavy atom. The molecule has 1 aliphatic heterocycles. The molecule has 2 aliphatic rings. The molecule has 2 heterocycles. The molecule has 5 nitrogen and oxygen atoms in total. The Kier molecular flexibility index (Phi) is 6.99. The summed E-state index contributed by atoms with van der Waals surface area (Å²) in [7, 11) is 1.95. The fourth-order valence-corrected chi connectivity index (χ4v) is 5.84. The predicted octanol–water partition coefficient (Wildman–Crippen LogP) is 4.20. The highest BCUT2D eigenvalue weighted by atomic mass is 19.1. The number of nitrogens with one attached hydrogen (secondary N) is 1. The zero-order valence-corrected chi connectivity index (χ0v) is 19.8. The molecule has 2 aromatic rings. The topological polar surface area (TPSA) is 50.2 Å². The van der Waals surface area contributed by atoms with Crippen molar-refractivity contribution in [3.05, 3.63) is 52.6 Å². The molecule has 0 spiro atoms. The number of halogens is 1. The summed E-state index contributed by atoms with van der Waals surface area (Å²) >= 11 is 0. The maximum Gasteiger partial charge on any atom is 0.220 e. The Morgan fingerprint density at radius 2 is 1.88 bits per heavy atom. The van der Waals surface area contributed by atoms with Gasteiger partial charge in [0.1, 0.15) is 5.82 Å². The van der Waals surface area contributed by atoms with Gasteiger partial charge in [-0.2, -0.15) is 5.10 Å². The van der Waals surface area contributed by atoms with Gasteiger partial charge in [0.15, 0.2) is 0 Å². The van der Waals surface area contributed by atoms with Crippen LogP contribution in [0.25, 0.3) is 0 Å². The van der Waals surface area contributed by atoms with Crippen LogP contribution in [0.4, 0.5) is 4.39 Å². The molecule has 0 radical (unpaired) electrons. The normalized spacial score (nSPS) is 19.4. The molecule has 1 aromatic heterocycles. The van der Waals surface area contributed by atoms with E-state index in [1.54, 1.807) is 12.1 Å². The molecule has 6 heteroatoms. The third-order valence-electron chi connectivity index (χ3n) is 7.75. The maximum atomic E-state index is 14.6. The lowest BCUT2D eigenvalue weighted by Crippen LogP contribution is -2.48. The van der Waals surface area contributed by atoms with Gasteiger partial charge in [-0.25, -0.2) is 4.39 Å². The molecule has 0 bridgehead atoms. The minimum Gasteiger partial charge on any atom is -0.353 e. The molecule has 0 atom stereocenters. The Balaban J connectivity index is 1.27. The predicted molar refractivity (Wildman–Crippen MR) is 125 cm³/mol. The summed E-state index contributed by atoms with van der Waals surface area (Å²) in [4.78, 5) is 15.0. The Morgan fingerprint density at radius 3 is 2.50 bits per heavy atom. The first-order valence-corrected chi connectivity index (χ1v) is 12.1. The van der Waals surface area contributed by atoms with Crippen molar-refractivity contribution in [3.8, 4) is 0 Å². The van der Waals surface area contributed by atoms with E-state index < -0.39 is 0 Å². The van der Waals surface area contributed by atoms with E-state index >= 15 is 0 Å². The number of carbonyl (C=O) groups excluding carboxylic acids is 1. The van der Waals surface area contributed by atoms with Crippen molar-refractivity contribution in [2.24, 2.45) is 7.05 Å². The van der Waals surface area contributed by atoms with Crippen LogP contribution in [0.2, 0.25) is 0 Å². The zero-order chi connectivity index (χ0) is 22.7. The van der Waals surface area contributed by atoms with Gasteiger partial charge in [-0.05, 0) is 63.1 Å². The first-order chi connectivity index (χ1) is 15.4. The quantitative estimate of drug-likeness (QED) is 0.702. The Labute approximate surface area is 191 Å². The van der Waals surface area contributed by atoms with E-state index in [1.807, 2.05) is 30.8 Å². The van der Waals surface area contributed by atoms with Gasteiger partial charge in [0.25, 0.3) is 0 Å². The molecule has 1 aromatic carbocycles. The van der Waals surface area contributed by atoms with Gasteiger partial charge in [0, 0.05) is 50.3 Å². The third kappa shape index (κ3) is 4.90. The molecule has 174 valence electrons. The van der Waals surface area contributed by atoms with Gasteiger partial charge in [-0.3, -0.25) is 9.48 Å². The number of hydrogen-bond acceptors (Lipinski definition) is 3. The summed E-state index contributed by atoms with van der Waals surface area (Å²) in [6, 6.07) is 7.58. The molecule has 1 saturated heterocycles. The van der Waals surface area contributed by atoms with E-state index in [0.29, 0.717) is 6.42 Å². The fraction of sp³-hybridized carbons (Fsp3) is 0.615. The highest BCUT2D eigenvalue weighted by Crippen LogP contribution is 2.43. The average Bonchev–Trinajstić information content (AvgIpc) is 3.33. The van der Waals surface area contributed by atoms with Crippen LogP contribution in [-0.4, -0.2) is 46.3 Å². The number of rotatable bonds is 7. The smallest absolute Gasteiger partial charge is 0.220 e. The lowest BCUT2D eigenvalue weighted by Gasteiger charge is -2.39. The highest BCUT2D eigenvalue weighted by molar-refractivity contribution is 5.76. The number of piperidine rings is 1. The third-order valence-corrected chi connectivity index (χ3v) is 7.75. The second-order valence-electron chi connectivity index (χ2n) is 9.86. The fourth-order valence-electron chi connectivity index (χ4n) is 5.84. The number of benzene rings is 1. The van der Waals surface area contributed by atoms with Gasteiger partial charge in [-0.1, -0.05) is 31.0 Å². The highest BCUT2D eigenvalue weighted by Gasteiger charge is 2.39. The molecule has 0 unspecified atom stereocenters. The van der Waals surface area contributed by atoms with Gasteiger partial charge in [-0.15, -0.1) is 0 Å². The molecular weight excluding hydrogens is 403 g/mol. The van der Waals surface area contributed by atoms with Crippen molar-refractivity contribution in [1.82, 2.24) is 20.0 Å². The number of aryl methyl sites for hydroxylation is 2. The van der Waals surface area contributed by atoms with Crippen molar-refractivity contribution in [2.75, 3.05) is 19.6 Å². The first kappa shape index (κ1) is 23.0. The van der Waals surface area contributed by atoms with E-state index in [4.69, 9.17) is 0 Å². The Hall–Kier alpha value is -2.21. The molecule has 4 rings (SSSR count).